The Labute approximate surface area is 136 Å². The number of carbonyl (C=O) groups is 1. The van der Waals surface area contributed by atoms with Crippen LogP contribution in [0.4, 0.5) is 11.5 Å². The molecule has 0 aliphatic heterocycles. The van der Waals surface area contributed by atoms with Crippen LogP contribution in [0.2, 0.25) is 0 Å². The van der Waals surface area contributed by atoms with Gasteiger partial charge >= 0.3 is 0 Å². The number of nitrogens with zero attached hydrogens (tertiary/aromatic N) is 1. The van der Waals surface area contributed by atoms with Crippen molar-refractivity contribution in [2.45, 2.75) is 19.8 Å². The molecule has 22 heavy (non-hydrogen) atoms. The van der Waals surface area contributed by atoms with E-state index in [4.69, 9.17) is 10.5 Å². The summed E-state index contributed by atoms with van der Waals surface area (Å²) in [5.74, 6) is 1.28. The summed E-state index contributed by atoms with van der Waals surface area (Å²) in [6.45, 7) is 4.17. The van der Waals surface area contributed by atoms with Crippen molar-refractivity contribution in [2.75, 3.05) is 17.7 Å². The van der Waals surface area contributed by atoms with E-state index in [9.17, 15) is 4.79 Å². The predicted molar refractivity (Wildman–Crippen MR) is 90.6 cm³/mol. The minimum absolute atomic E-state index is 0. The lowest BCUT2D eigenvalue weighted by atomic mass is 10.0. The monoisotopic (exact) mass is 321 g/mol. The fourth-order valence-corrected chi connectivity index (χ4v) is 1.79. The topological polar surface area (TPSA) is 77.2 Å². The van der Waals surface area contributed by atoms with E-state index in [-0.39, 0.29) is 24.9 Å². The molecule has 1 heterocycles. The van der Waals surface area contributed by atoms with Crippen LogP contribution in [-0.4, -0.2) is 17.5 Å². The molecule has 0 fully saturated rings. The molecule has 0 saturated heterocycles. The van der Waals surface area contributed by atoms with Gasteiger partial charge in [-0.1, -0.05) is 26.0 Å². The Bertz CT molecular complexity index is 615. The number of nitrogens with one attached hydrogen (secondary N) is 1. The molecule has 0 spiro atoms. The second-order valence-corrected chi connectivity index (χ2v) is 5.04. The third-order valence-electron chi connectivity index (χ3n) is 2.96. The van der Waals surface area contributed by atoms with E-state index in [1.54, 1.807) is 12.1 Å². The van der Waals surface area contributed by atoms with Crippen LogP contribution in [0, 0.1) is 0 Å². The molecular formula is C16H20ClN3O2. The minimum atomic E-state index is -0.239. The van der Waals surface area contributed by atoms with E-state index in [1.807, 2.05) is 24.3 Å². The average Bonchev–Trinajstić information content (AvgIpc) is 2.48. The first-order chi connectivity index (χ1) is 10.0. The van der Waals surface area contributed by atoms with Gasteiger partial charge in [0.2, 0.25) is 0 Å². The highest BCUT2D eigenvalue weighted by Gasteiger charge is 2.05. The van der Waals surface area contributed by atoms with Crippen LogP contribution in [0.5, 0.6) is 5.75 Å². The molecule has 0 atom stereocenters. The molecule has 0 bridgehead atoms. The number of anilines is 2. The number of aromatic nitrogens is 1. The summed E-state index contributed by atoms with van der Waals surface area (Å²) in [5, 5.41) is 2.69. The normalized spacial score (nSPS) is 9.95. The summed E-state index contributed by atoms with van der Waals surface area (Å²) in [6, 6.07) is 11.1. The van der Waals surface area contributed by atoms with Gasteiger partial charge in [-0.05, 0) is 35.7 Å². The van der Waals surface area contributed by atoms with E-state index < -0.39 is 0 Å². The maximum absolute atomic E-state index is 11.8. The third-order valence-corrected chi connectivity index (χ3v) is 2.96. The van der Waals surface area contributed by atoms with E-state index in [0.717, 1.165) is 0 Å². The van der Waals surface area contributed by atoms with Crippen molar-refractivity contribution in [3.8, 4) is 5.75 Å². The predicted octanol–water partition coefficient (Wildman–Crippen LogP) is 3.23. The summed E-state index contributed by atoms with van der Waals surface area (Å²) >= 11 is 0. The number of ether oxygens (including phenoxy) is 1. The Hall–Kier alpha value is -2.27. The van der Waals surface area contributed by atoms with Gasteiger partial charge in [0, 0.05) is 0 Å². The summed E-state index contributed by atoms with van der Waals surface area (Å²) in [6.07, 6.45) is 1.51. The van der Waals surface area contributed by atoms with Crippen molar-refractivity contribution < 1.29 is 9.53 Å². The lowest BCUT2D eigenvalue weighted by Crippen LogP contribution is -2.20. The largest absolute Gasteiger partial charge is 0.484 e. The number of benzene rings is 1. The van der Waals surface area contributed by atoms with Crippen molar-refractivity contribution in [3.05, 3.63) is 48.2 Å². The third kappa shape index (κ3) is 5.26. The Balaban J connectivity index is 0.00000242. The first-order valence-electron chi connectivity index (χ1n) is 6.79. The molecule has 1 amide bonds. The zero-order valence-corrected chi connectivity index (χ0v) is 13.4. The maximum Gasteiger partial charge on any atom is 0.262 e. The molecule has 0 unspecified atom stereocenters. The molecule has 1 aromatic heterocycles. The zero-order valence-electron chi connectivity index (χ0n) is 12.6. The van der Waals surface area contributed by atoms with Gasteiger partial charge in [-0.25, -0.2) is 4.98 Å². The summed E-state index contributed by atoms with van der Waals surface area (Å²) in [4.78, 5) is 15.7. The average molecular weight is 322 g/mol. The molecule has 1 aromatic carbocycles. The van der Waals surface area contributed by atoms with Crippen molar-refractivity contribution in [3.63, 3.8) is 0 Å². The van der Waals surface area contributed by atoms with E-state index in [1.165, 1.54) is 11.8 Å². The highest BCUT2D eigenvalue weighted by molar-refractivity contribution is 5.91. The molecule has 2 aromatic rings. The van der Waals surface area contributed by atoms with Crippen LogP contribution in [0.3, 0.4) is 0 Å². The maximum atomic E-state index is 11.8. The van der Waals surface area contributed by atoms with Crippen LogP contribution in [-0.2, 0) is 4.79 Å². The first kappa shape index (κ1) is 17.8. The molecule has 3 N–H and O–H groups in total. The summed E-state index contributed by atoms with van der Waals surface area (Å²) < 4.78 is 5.50. The molecule has 2 rings (SSSR count). The molecule has 0 saturated carbocycles. The van der Waals surface area contributed by atoms with Gasteiger partial charge in [0.15, 0.2) is 6.61 Å². The minimum Gasteiger partial charge on any atom is -0.484 e. The van der Waals surface area contributed by atoms with Gasteiger partial charge in [-0.3, -0.25) is 4.79 Å². The molecular weight excluding hydrogens is 302 g/mol. The van der Waals surface area contributed by atoms with Crippen molar-refractivity contribution in [2.24, 2.45) is 0 Å². The van der Waals surface area contributed by atoms with E-state index in [0.29, 0.717) is 23.2 Å². The molecule has 0 radical (unpaired) electrons. The van der Waals surface area contributed by atoms with Crippen molar-refractivity contribution in [1.82, 2.24) is 4.98 Å². The van der Waals surface area contributed by atoms with Gasteiger partial charge in [-0.2, -0.15) is 0 Å². The Kier molecular flexibility index (Phi) is 6.66. The highest BCUT2D eigenvalue weighted by atomic mass is 35.5. The Morgan fingerprint density at radius 3 is 2.73 bits per heavy atom. The number of halogens is 1. The number of hydrogen-bond acceptors (Lipinski definition) is 4. The van der Waals surface area contributed by atoms with Crippen LogP contribution in [0.15, 0.2) is 42.6 Å². The molecule has 0 aliphatic carbocycles. The van der Waals surface area contributed by atoms with Gasteiger partial charge in [0.1, 0.15) is 11.6 Å². The molecule has 118 valence electrons. The number of nitrogens with two attached hydrogens (primary N) is 1. The first-order valence-corrected chi connectivity index (χ1v) is 6.79. The fourth-order valence-electron chi connectivity index (χ4n) is 1.79. The number of amides is 1. The van der Waals surface area contributed by atoms with Gasteiger partial charge in [0.25, 0.3) is 5.91 Å². The Morgan fingerprint density at radius 1 is 1.32 bits per heavy atom. The lowest BCUT2D eigenvalue weighted by molar-refractivity contribution is -0.118. The van der Waals surface area contributed by atoms with Crippen LogP contribution < -0.4 is 15.8 Å². The quantitative estimate of drug-likeness (QED) is 0.886. The zero-order chi connectivity index (χ0) is 15.2. The standard InChI is InChI=1S/C16H19N3O2.ClH/c1-11(2)12-4-3-5-14(8-12)21-10-16(20)19-13-6-7-15(17)18-9-13;/h3-9,11H,10H2,1-2H3,(H2,17,18)(H,19,20);1H. The second-order valence-electron chi connectivity index (χ2n) is 5.04. The van der Waals surface area contributed by atoms with Gasteiger partial charge < -0.3 is 15.8 Å². The van der Waals surface area contributed by atoms with Crippen LogP contribution in [0.25, 0.3) is 0 Å². The van der Waals surface area contributed by atoms with Gasteiger partial charge in [0.05, 0.1) is 11.9 Å². The fraction of sp³-hybridized carbons (Fsp3) is 0.250. The summed E-state index contributed by atoms with van der Waals surface area (Å²) in [5.41, 5.74) is 7.25. The van der Waals surface area contributed by atoms with E-state index >= 15 is 0 Å². The van der Waals surface area contributed by atoms with Crippen molar-refractivity contribution >= 4 is 29.8 Å². The Morgan fingerprint density at radius 2 is 2.09 bits per heavy atom. The smallest absolute Gasteiger partial charge is 0.262 e. The number of rotatable bonds is 5. The number of pyridine rings is 1. The molecule has 0 aliphatic rings. The number of carbonyl (C=O) groups excluding carboxylic acids is 1. The van der Waals surface area contributed by atoms with Crippen molar-refractivity contribution in [1.29, 1.82) is 0 Å². The second kappa shape index (κ2) is 8.24. The number of nitrogen functional groups attached to an aromatic ring is 1. The number of hydrogen-bond donors (Lipinski definition) is 2. The van der Waals surface area contributed by atoms with E-state index in [2.05, 4.69) is 24.1 Å². The summed E-state index contributed by atoms with van der Waals surface area (Å²) in [7, 11) is 0. The van der Waals surface area contributed by atoms with Crippen LogP contribution >= 0.6 is 12.4 Å². The van der Waals surface area contributed by atoms with Crippen LogP contribution in [0.1, 0.15) is 25.3 Å². The van der Waals surface area contributed by atoms with Gasteiger partial charge in [-0.15, -0.1) is 12.4 Å². The SMILES string of the molecule is CC(C)c1cccc(OCC(=O)Nc2ccc(N)nc2)c1.Cl. The lowest BCUT2D eigenvalue weighted by Gasteiger charge is -2.10. The molecule has 5 nitrogen and oxygen atoms in total. The molecule has 6 heteroatoms. The highest BCUT2D eigenvalue weighted by Crippen LogP contribution is 2.20.